The van der Waals surface area contributed by atoms with Gasteiger partial charge in [0.15, 0.2) is 0 Å². The Kier molecular flexibility index (Phi) is 5.12. The van der Waals surface area contributed by atoms with E-state index in [-0.39, 0.29) is 11.9 Å². The Morgan fingerprint density at radius 2 is 2.16 bits per heavy atom. The quantitative estimate of drug-likeness (QED) is 0.699. The Morgan fingerprint density at radius 3 is 2.88 bits per heavy atom. The monoisotopic (exact) mass is 361 g/mol. The molecule has 25 heavy (non-hydrogen) atoms. The molecule has 0 bridgehead atoms. The summed E-state index contributed by atoms with van der Waals surface area (Å²) in [6, 6.07) is 0.270. The van der Waals surface area contributed by atoms with Gasteiger partial charge in [-0.1, -0.05) is 18.3 Å². The van der Waals surface area contributed by atoms with E-state index in [1.807, 2.05) is 22.5 Å². The predicted octanol–water partition coefficient (Wildman–Crippen LogP) is 2.95. The highest BCUT2D eigenvalue weighted by molar-refractivity contribution is 7.15. The van der Waals surface area contributed by atoms with Crippen molar-refractivity contribution < 1.29 is 4.79 Å². The van der Waals surface area contributed by atoms with E-state index in [1.54, 1.807) is 0 Å². The highest BCUT2D eigenvalue weighted by Gasteiger charge is 2.16. The minimum Gasteiger partial charge on any atom is -0.300 e. The third-order valence-electron chi connectivity index (χ3n) is 3.88. The van der Waals surface area contributed by atoms with Crippen LogP contribution in [0.1, 0.15) is 50.4 Å². The van der Waals surface area contributed by atoms with Gasteiger partial charge in [0.1, 0.15) is 16.0 Å². The van der Waals surface area contributed by atoms with Gasteiger partial charge in [-0.2, -0.15) is 10.2 Å². The summed E-state index contributed by atoms with van der Waals surface area (Å²) in [4.78, 5) is 12.2. The minimum atomic E-state index is -0.0863. The van der Waals surface area contributed by atoms with Crippen LogP contribution in [0.4, 0.5) is 5.13 Å². The maximum absolute atomic E-state index is 12.2. The average Bonchev–Trinajstić information content (AvgIpc) is 3.24. The Hall–Kier alpha value is -2.29. The second-order valence-corrected chi connectivity index (χ2v) is 7.34. The standard InChI is InChI=1S/C16H23N7OS/c1-5-6-14-19-20-16(25-14)18-13(24)7-8-22-15-11(4)21-23(10(2)3)12(15)9-17-22/h9-10H,5-8H2,1-4H3,(H,18,20,24). The van der Waals surface area contributed by atoms with E-state index in [1.165, 1.54) is 11.3 Å². The highest BCUT2D eigenvalue weighted by atomic mass is 32.1. The molecule has 3 heterocycles. The molecule has 0 aliphatic heterocycles. The van der Waals surface area contributed by atoms with Gasteiger partial charge in [-0.15, -0.1) is 10.2 Å². The van der Waals surface area contributed by atoms with Crippen LogP contribution in [0, 0.1) is 6.92 Å². The molecule has 8 nitrogen and oxygen atoms in total. The number of rotatable bonds is 7. The number of amides is 1. The van der Waals surface area contributed by atoms with Crippen LogP contribution in [0.5, 0.6) is 0 Å². The molecule has 0 unspecified atom stereocenters. The van der Waals surface area contributed by atoms with Crippen LogP contribution in [-0.2, 0) is 17.8 Å². The molecule has 3 aromatic rings. The smallest absolute Gasteiger partial charge is 0.228 e. The van der Waals surface area contributed by atoms with Crippen LogP contribution < -0.4 is 5.32 Å². The molecule has 1 N–H and O–H groups in total. The first-order chi connectivity index (χ1) is 12.0. The van der Waals surface area contributed by atoms with E-state index in [2.05, 4.69) is 46.5 Å². The van der Waals surface area contributed by atoms with Gasteiger partial charge in [0.25, 0.3) is 0 Å². The van der Waals surface area contributed by atoms with Crippen molar-refractivity contribution in [2.75, 3.05) is 5.32 Å². The Bertz CT molecular complexity index is 876. The van der Waals surface area contributed by atoms with Crippen LogP contribution in [0.25, 0.3) is 11.0 Å². The summed E-state index contributed by atoms with van der Waals surface area (Å²) < 4.78 is 3.81. The van der Waals surface area contributed by atoms with Crippen molar-refractivity contribution in [2.45, 2.75) is 59.5 Å². The number of aryl methyl sites for hydroxylation is 3. The van der Waals surface area contributed by atoms with E-state index >= 15 is 0 Å². The first-order valence-electron chi connectivity index (χ1n) is 8.52. The fourth-order valence-electron chi connectivity index (χ4n) is 2.75. The number of carbonyl (C=O) groups excluding carboxylic acids is 1. The molecule has 0 spiro atoms. The van der Waals surface area contributed by atoms with Crippen molar-refractivity contribution in [3.63, 3.8) is 0 Å². The molecule has 0 atom stereocenters. The number of aromatic nitrogens is 6. The summed E-state index contributed by atoms with van der Waals surface area (Å²) in [5.74, 6) is -0.0863. The normalized spacial score (nSPS) is 11.6. The second-order valence-electron chi connectivity index (χ2n) is 6.27. The lowest BCUT2D eigenvalue weighted by Gasteiger charge is -2.04. The van der Waals surface area contributed by atoms with Crippen molar-refractivity contribution >= 4 is 33.4 Å². The van der Waals surface area contributed by atoms with Crippen LogP contribution in [0.3, 0.4) is 0 Å². The van der Waals surface area contributed by atoms with Crippen molar-refractivity contribution in [1.82, 2.24) is 29.8 Å². The molecule has 0 aliphatic rings. The van der Waals surface area contributed by atoms with Gasteiger partial charge in [-0.25, -0.2) is 0 Å². The maximum Gasteiger partial charge on any atom is 0.228 e. The van der Waals surface area contributed by atoms with Gasteiger partial charge in [0, 0.05) is 18.9 Å². The molecule has 1 amide bonds. The van der Waals surface area contributed by atoms with Crippen LogP contribution in [0.2, 0.25) is 0 Å². The molecule has 0 saturated heterocycles. The molecule has 0 aromatic carbocycles. The Labute approximate surface area is 150 Å². The third kappa shape index (κ3) is 3.71. The summed E-state index contributed by atoms with van der Waals surface area (Å²) in [7, 11) is 0. The van der Waals surface area contributed by atoms with Gasteiger partial charge in [-0.05, 0) is 27.2 Å². The molecule has 3 rings (SSSR count). The van der Waals surface area contributed by atoms with Crippen molar-refractivity contribution in [1.29, 1.82) is 0 Å². The van der Waals surface area contributed by atoms with Gasteiger partial charge in [0.2, 0.25) is 11.0 Å². The van der Waals surface area contributed by atoms with Gasteiger partial charge in [-0.3, -0.25) is 14.2 Å². The van der Waals surface area contributed by atoms with Gasteiger partial charge < -0.3 is 5.32 Å². The third-order valence-corrected chi connectivity index (χ3v) is 4.78. The largest absolute Gasteiger partial charge is 0.300 e. The van der Waals surface area contributed by atoms with Crippen LogP contribution in [0.15, 0.2) is 6.20 Å². The fraction of sp³-hybridized carbons (Fsp3) is 0.562. The average molecular weight is 361 g/mol. The summed E-state index contributed by atoms with van der Waals surface area (Å²) in [6.07, 6.45) is 4.04. The number of carbonyl (C=O) groups is 1. The molecule has 3 aromatic heterocycles. The number of hydrogen-bond donors (Lipinski definition) is 1. The zero-order valence-corrected chi connectivity index (χ0v) is 15.8. The maximum atomic E-state index is 12.2. The van der Waals surface area contributed by atoms with E-state index < -0.39 is 0 Å². The van der Waals surface area contributed by atoms with Crippen LogP contribution >= 0.6 is 11.3 Å². The Balaban J connectivity index is 1.65. The molecule has 0 fully saturated rings. The van der Waals surface area contributed by atoms with E-state index in [9.17, 15) is 4.79 Å². The summed E-state index contributed by atoms with van der Waals surface area (Å²) in [6.45, 7) is 8.74. The SMILES string of the molecule is CCCc1nnc(NC(=O)CCn2ncc3c2c(C)nn3C(C)C)s1. The lowest BCUT2D eigenvalue weighted by molar-refractivity contribution is -0.116. The zero-order valence-electron chi connectivity index (χ0n) is 15.0. The number of nitrogens with zero attached hydrogens (tertiary/aromatic N) is 6. The molecule has 134 valence electrons. The highest BCUT2D eigenvalue weighted by Crippen LogP contribution is 2.21. The molecular formula is C16H23N7OS. The minimum absolute atomic E-state index is 0.0863. The molecule has 0 radical (unpaired) electrons. The predicted molar refractivity (Wildman–Crippen MR) is 97.8 cm³/mol. The Morgan fingerprint density at radius 1 is 1.36 bits per heavy atom. The second kappa shape index (κ2) is 7.30. The lowest BCUT2D eigenvalue weighted by Crippen LogP contribution is -2.15. The van der Waals surface area contributed by atoms with E-state index in [0.29, 0.717) is 18.1 Å². The van der Waals surface area contributed by atoms with Crippen molar-refractivity contribution in [3.05, 3.63) is 16.9 Å². The molecule has 0 saturated carbocycles. The fourth-order valence-corrected chi connectivity index (χ4v) is 3.61. The van der Waals surface area contributed by atoms with Gasteiger partial charge in [0.05, 0.1) is 18.4 Å². The van der Waals surface area contributed by atoms with E-state index in [0.717, 1.165) is 34.6 Å². The topological polar surface area (TPSA) is 90.5 Å². The van der Waals surface area contributed by atoms with Gasteiger partial charge >= 0.3 is 0 Å². The molecular weight excluding hydrogens is 338 g/mol. The molecule has 9 heteroatoms. The van der Waals surface area contributed by atoms with Crippen molar-refractivity contribution in [2.24, 2.45) is 0 Å². The molecule has 0 aliphatic carbocycles. The van der Waals surface area contributed by atoms with E-state index in [4.69, 9.17) is 0 Å². The van der Waals surface area contributed by atoms with Crippen LogP contribution in [-0.4, -0.2) is 35.7 Å². The lowest BCUT2D eigenvalue weighted by atomic mass is 10.3. The first-order valence-corrected chi connectivity index (χ1v) is 9.34. The first kappa shape index (κ1) is 17.5. The number of fused-ring (bicyclic) bond motifs is 1. The number of hydrogen-bond acceptors (Lipinski definition) is 6. The van der Waals surface area contributed by atoms with Crippen molar-refractivity contribution in [3.8, 4) is 0 Å². The number of nitrogens with one attached hydrogen (secondary N) is 1. The summed E-state index contributed by atoms with van der Waals surface area (Å²) in [5, 5.41) is 21.4. The summed E-state index contributed by atoms with van der Waals surface area (Å²) in [5.41, 5.74) is 2.92. The zero-order chi connectivity index (χ0) is 18.0. The summed E-state index contributed by atoms with van der Waals surface area (Å²) >= 11 is 1.43. The number of anilines is 1.